The van der Waals surface area contributed by atoms with Gasteiger partial charge < -0.3 is 9.80 Å². The van der Waals surface area contributed by atoms with Crippen molar-refractivity contribution < 1.29 is 4.79 Å². The maximum atomic E-state index is 12.3. The van der Waals surface area contributed by atoms with Gasteiger partial charge in [0.15, 0.2) is 0 Å². The van der Waals surface area contributed by atoms with E-state index in [2.05, 4.69) is 0 Å². The lowest BCUT2D eigenvalue weighted by atomic mass is 10.3. The minimum absolute atomic E-state index is 0.117. The molecule has 2 rings (SSSR count). The first-order valence-corrected chi connectivity index (χ1v) is 7.21. The number of ketones is 1. The van der Waals surface area contributed by atoms with Crippen molar-refractivity contribution in [2.45, 2.75) is 0 Å². The zero-order valence-electron chi connectivity index (χ0n) is 10.9. The van der Waals surface area contributed by atoms with Gasteiger partial charge in [-0.3, -0.25) is 4.79 Å². The second-order valence-corrected chi connectivity index (χ2v) is 6.52. The normalized spacial score (nSPS) is 10.4. The molecule has 3 nitrogen and oxygen atoms in total. The second kappa shape index (κ2) is 5.12. The Bertz CT molecular complexity index is 507. The van der Waals surface area contributed by atoms with E-state index in [1.807, 2.05) is 62.3 Å². The van der Waals surface area contributed by atoms with Crippen molar-refractivity contribution in [1.82, 2.24) is 0 Å². The minimum atomic E-state index is 0.117. The van der Waals surface area contributed by atoms with Gasteiger partial charge >= 0.3 is 0 Å². The van der Waals surface area contributed by atoms with Crippen molar-refractivity contribution in [3.8, 4) is 0 Å². The van der Waals surface area contributed by atoms with Gasteiger partial charge in [0.2, 0.25) is 5.78 Å². The van der Waals surface area contributed by atoms with Crippen molar-refractivity contribution in [2.24, 2.45) is 0 Å². The number of anilines is 2. The molecular formula is C13H16N2OS2. The zero-order chi connectivity index (χ0) is 13.3. The molecule has 0 aliphatic carbocycles. The smallest absolute Gasteiger partial charge is 0.213 e. The van der Waals surface area contributed by atoms with Gasteiger partial charge in [-0.25, -0.2) is 0 Å². The topological polar surface area (TPSA) is 23.6 Å². The molecule has 2 aromatic heterocycles. The Kier molecular flexibility index (Phi) is 3.73. The second-order valence-electron chi connectivity index (χ2n) is 4.39. The van der Waals surface area contributed by atoms with Crippen molar-refractivity contribution >= 4 is 38.5 Å². The summed E-state index contributed by atoms with van der Waals surface area (Å²) in [4.78, 5) is 17.9. The first-order valence-electron chi connectivity index (χ1n) is 5.58. The number of carbonyl (C=O) groups excluding carboxylic acids is 1. The van der Waals surface area contributed by atoms with Gasteiger partial charge in [0.1, 0.15) is 0 Å². The average Bonchev–Trinajstić information content (AvgIpc) is 2.97. The predicted molar refractivity (Wildman–Crippen MR) is 80.7 cm³/mol. The van der Waals surface area contributed by atoms with Crippen molar-refractivity contribution in [1.29, 1.82) is 0 Å². The Morgan fingerprint density at radius 1 is 0.833 bits per heavy atom. The minimum Gasteiger partial charge on any atom is -0.370 e. The van der Waals surface area contributed by atoms with Gasteiger partial charge in [-0.05, 0) is 24.3 Å². The van der Waals surface area contributed by atoms with Crippen LogP contribution < -0.4 is 9.80 Å². The summed E-state index contributed by atoms with van der Waals surface area (Å²) in [6.07, 6.45) is 0. The summed E-state index contributed by atoms with van der Waals surface area (Å²) in [6.45, 7) is 0. The summed E-state index contributed by atoms with van der Waals surface area (Å²) < 4.78 is 0. The summed E-state index contributed by atoms with van der Waals surface area (Å²) >= 11 is 3.06. The lowest BCUT2D eigenvalue weighted by Crippen LogP contribution is -2.06. The summed E-state index contributed by atoms with van der Waals surface area (Å²) in [6, 6.07) is 7.77. The molecule has 0 atom stereocenters. The maximum absolute atomic E-state index is 12.3. The third-order valence-corrected chi connectivity index (χ3v) is 5.02. The number of thiophene rings is 2. The van der Waals surface area contributed by atoms with Crippen LogP contribution >= 0.6 is 22.7 Å². The quantitative estimate of drug-likeness (QED) is 0.804. The van der Waals surface area contributed by atoms with E-state index in [0.29, 0.717) is 0 Å². The predicted octanol–water partition coefficient (Wildman–Crippen LogP) is 3.17. The number of hydrogen-bond donors (Lipinski definition) is 0. The van der Waals surface area contributed by atoms with Crippen LogP contribution in [0.2, 0.25) is 0 Å². The van der Waals surface area contributed by atoms with Gasteiger partial charge in [-0.1, -0.05) is 0 Å². The molecular weight excluding hydrogens is 264 g/mol. The molecule has 0 aliphatic rings. The van der Waals surface area contributed by atoms with E-state index in [1.165, 1.54) is 22.7 Å². The number of hydrogen-bond acceptors (Lipinski definition) is 5. The Balaban J connectivity index is 2.24. The highest BCUT2D eigenvalue weighted by atomic mass is 32.1. The SMILES string of the molecule is CN(C)c1ccc(C(=O)c2ccc(N(C)C)s2)s1. The summed E-state index contributed by atoms with van der Waals surface area (Å²) in [7, 11) is 7.93. The molecule has 0 unspecified atom stereocenters. The van der Waals surface area contributed by atoms with Crippen LogP contribution in [0, 0.1) is 0 Å². The molecule has 0 N–H and O–H groups in total. The fourth-order valence-electron chi connectivity index (χ4n) is 1.50. The van der Waals surface area contributed by atoms with Crippen molar-refractivity contribution in [3.63, 3.8) is 0 Å². The van der Waals surface area contributed by atoms with E-state index in [0.717, 1.165) is 19.8 Å². The van der Waals surface area contributed by atoms with Gasteiger partial charge in [0, 0.05) is 28.2 Å². The fraction of sp³-hybridized carbons (Fsp3) is 0.308. The van der Waals surface area contributed by atoms with Crippen molar-refractivity contribution in [2.75, 3.05) is 38.0 Å². The fourth-order valence-corrected chi connectivity index (χ4v) is 3.33. The van der Waals surface area contributed by atoms with Gasteiger partial charge in [-0.15, -0.1) is 22.7 Å². The first kappa shape index (κ1) is 13.1. The monoisotopic (exact) mass is 280 g/mol. The third kappa shape index (κ3) is 2.57. The lowest BCUT2D eigenvalue weighted by Gasteiger charge is -2.07. The third-order valence-electron chi connectivity index (χ3n) is 2.51. The molecule has 2 aromatic rings. The Morgan fingerprint density at radius 2 is 1.22 bits per heavy atom. The van der Waals surface area contributed by atoms with E-state index in [1.54, 1.807) is 0 Å². The largest absolute Gasteiger partial charge is 0.370 e. The molecule has 5 heteroatoms. The van der Waals surface area contributed by atoms with Crippen LogP contribution in [0.1, 0.15) is 14.5 Å². The molecule has 2 heterocycles. The van der Waals surface area contributed by atoms with Crippen LogP contribution in [0.3, 0.4) is 0 Å². The van der Waals surface area contributed by atoms with E-state index in [-0.39, 0.29) is 5.78 Å². The van der Waals surface area contributed by atoms with E-state index in [4.69, 9.17) is 0 Å². The molecule has 96 valence electrons. The molecule has 0 fully saturated rings. The van der Waals surface area contributed by atoms with Gasteiger partial charge in [0.05, 0.1) is 19.8 Å². The first-order chi connectivity index (χ1) is 8.49. The van der Waals surface area contributed by atoms with Crippen LogP contribution in [0.25, 0.3) is 0 Å². The summed E-state index contributed by atoms with van der Waals surface area (Å²) in [5, 5.41) is 2.20. The maximum Gasteiger partial charge on any atom is 0.213 e. The summed E-state index contributed by atoms with van der Waals surface area (Å²) in [5.74, 6) is 0.117. The highest BCUT2D eigenvalue weighted by Crippen LogP contribution is 2.30. The molecule has 0 spiro atoms. The average molecular weight is 280 g/mol. The standard InChI is InChI=1S/C13H16N2OS2/c1-14(2)11-7-5-9(17-11)13(16)10-6-8-12(18-10)15(3)4/h5-8H,1-4H3. The van der Waals surface area contributed by atoms with Crippen LogP contribution in [0.4, 0.5) is 10.0 Å². The van der Waals surface area contributed by atoms with Crippen molar-refractivity contribution in [3.05, 3.63) is 34.0 Å². The molecule has 0 aromatic carbocycles. The number of carbonyl (C=O) groups is 1. The van der Waals surface area contributed by atoms with Crippen LogP contribution in [-0.4, -0.2) is 34.0 Å². The van der Waals surface area contributed by atoms with E-state index in [9.17, 15) is 4.79 Å². The molecule has 18 heavy (non-hydrogen) atoms. The number of rotatable bonds is 4. The number of nitrogens with zero attached hydrogens (tertiary/aromatic N) is 2. The zero-order valence-corrected chi connectivity index (χ0v) is 12.6. The summed E-state index contributed by atoms with van der Waals surface area (Å²) in [5.41, 5.74) is 0. The van der Waals surface area contributed by atoms with Gasteiger partial charge in [-0.2, -0.15) is 0 Å². The van der Waals surface area contributed by atoms with Crippen LogP contribution in [0.5, 0.6) is 0 Å². The molecule has 0 amide bonds. The Labute approximate surface area is 115 Å². The van der Waals surface area contributed by atoms with Crippen LogP contribution in [0.15, 0.2) is 24.3 Å². The highest BCUT2D eigenvalue weighted by Gasteiger charge is 2.15. The van der Waals surface area contributed by atoms with Crippen LogP contribution in [-0.2, 0) is 0 Å². The van der Waals surface area contributed by atoms with Gasteiger partial charge in [0.25, 0.3) is 0 Å². The molecule has 0 saturated heterocycles. The lowest BCUT2D eigenvalue weighted by molar-refractivity contribution is 0.104. The van der Waals surface area contributed by atoms with E-state index < -0.39 is 0 Å². The molecule has 0 radical (unpaired) electrons. The molecule has 0 bridgehead atoms. The van der Waals surface area contributed by atoms with E-state index >= 15 is 0 Å². The Morgan fingerprint density at radius 3 is 1.50 bits per heavy atom. The Hall–Kier alpha value is -1.33. The highest BCUT2D eigenvalue weighted by molar-refractivity contribution is 7.21. The molecule has 0 aliphatic heterocycles. The molecule has 0 saturated carbocycles.